The van der Waals surface area contributed by atoms with Crippen LogP contribution in [0.2, 0.25) is 0 Å². The van der Waals surface area contributed by atoms with Gasteiger partial charge in [0.2, 0.25) is 0 Å². The number of esters is 1. The summed E-state index contributed by atoms with van der Waals surface area (Å²) >= 11 is 1.42. The Labute approximate surface area is 136 Å². The van der Waals surface area contributed by atoms with Gasteiger partial charge in [0.25, 0.3) is 5.91 Å². The van der Waals surface area contributed by atoms with E-state index in [1.54, 1.807) is 4.90 Å². The van der Waals surface area contributed by atoms with Gasteiger partial charge in [-0.2, -0.15) is 13.2 Å². The molecule has 0 saturated carbocycles. The van der Waals surface area contributed by atoms with Crippen LogP contribution in [0.5, 0.6) is 0 Å². The molecule has 23 heavy (non-hydrogen) atoms. The van der Waals surface area contributed by atoms with Crippen LogP contribution in [0.25, 0.3) is 0 Å². The van der Waals surface area contributed by atoms with Crippen molar-refractivity contribution in [1.29, 1.82) is 0 Å². The van der Waals surface area contributed by atoms with E-state index in [0.717, 1.165) is 18.6 Å². The predicted molar refractivity (Wildman–Crippen MR) is 80.2 cm³/mol. The second kappa shape index (κ2) is 7.25. The first kappa shape index (κ1) is 17.7. The molecule has 1 aliphatic heterocycles. The van der Waals surface area contributed by atoms with Gasteiger partial charge in [0.1, 0.15) is 0 Å². The number of benzene rings is 1. The zero-order chi connectivity index (χ0) is 17.0. The summed E-state index contributed by atoms with van der Waals surface area (Å²) in [5.41, 5.74) is -0.543. The number of methoxy groups -OCH3 is 1. The maximum atomic E-state index is 12.5. The molecule has 1 fully saturated rings. The molecule has 1 unspecified atom stereocenters. The number of rotatable bonds is 4. The van der Waals surface area contributed by atoms with E-state index >= 15 is 0 Å². The Bertz CT molecular complexity index is 574. The summed E-state index contributed by atoms with van der Waals surface area (Å²) in [7, 11) is 1.32. The number of alkyl halides is 3. The van der Waals surface area contributed by atoms with Gasteiger partial charge in [-0.05, 0) is 30.7 Å². The Morgan fingerprint density at radius 2 is 1.96 bits per heavy atom. The lowest BCUT2D eigenvalue weighted by atomic mass is 10.1. The molecular formula is C15H16F3NO3S. The molecule has 4 nitrogen and oxygen atoms in total. The largest absolute Gasteiger partial charge is 0.468 e. The zero-order valence-corrected chi connectivity index (χ0v) is 13.2. The molecule has 0 radical (unpaired) electrons. The lowest BCUT2D eigenvalue weighted by Gasteiger charge is -2.17. The third kappa shape index (κ3) is 4.63. The molecule has 1 aromatic rings. The van der Waals surface area contributed by atoms with Crippen LogP contribution in [0.1, 0.15) is 22.3 Å². The predicted octanol–water partition coefficient (Wildman–Crippen LogP) is 2.83. The highest BCUT2D eigenvalue weighted by atomic mass is 32.2. The molecule has 0 aliphatic carbocycles. The average Bonchev–Trinajstić information content (AvgIpc) is 3.00. The number of halogens is 3. The minimum atomic E-state index is -4.41. The lowest BCUT2D eigenvalue weighted by Crippen LogP contribution is -2.29. The normalized spacial score (nSPS) is 18.1. The molecule has 8 heteroatoms. The van der Waals surface area contributed by atoms with Crippen molar-refractivity contribution in [3.8, 4) is 0 Å². The Morgan fingerprint density at radius 1 is 1.30 bits per heavy atom. The van der Waals surface area contributed by atoms with E-state index in [2.05, 4.69) is 4.74 Å². The number of thioether (sulfide) groups is 1. The highest BCUT2D eigenvalue weighted by Gasteiger charge is 2.31. The van der Waals surface area contributed by atoms with Gasteiger partial charge in [-0.25, -0.2) is 0 Å². The molecule has 1 amide bonds. The molecule has 1 atom stereocenters. The number of amides is 1. The van der Waals surface area contributed by atoms with Crippen molar-refractivity contribution in [2.24, 2.45) is 0 Å². The van der Waals surface area contributed by atoms with Crippen LogP contribution in [0.3, 0.4) is 0 Å². The van der Waals surface area contributed by atoms with Crippen LogP contribution in [-0.2, 0) is 15.7 Å². The molecule has 0 aromatic heterocycles. The second-order valence-corrected chi connectivity index (χ2v) is 6.41. The van der Waals surface area contributed by atoms with Crippen molar-refractivity contribution < 1.29 is 27.5 Å². The summed E-state index contributed by atoms with van der Waals surface area (Å²) in [6.07, 6.45) is -3.67. The maximum Gasteiger partial charge on any atom is 0.416 e. The highest BCUT2D eigenvalue weighted by molar-refractivity contribution is 8.00. The van der Waals surface area contributed by atoms with E-state index in [-0.39, 0.29) is 28.4 Å². The van der Waals surface area contributed by atoms with Crippen LogP contribution >= 0.6 is 11.8 Å². The number of nitrogens with zero attached hydrogens (tertiary/aromatic N) is 1. The van der Waals surface area contributed by atoms with Crippen LogP contribution in [0.4, 0.5) is 13.2 Å². The quantitative estimate of drug-likeness (QED) is 0.786. The van der Waals surface area contributed by atoms with E-state index in [4.69, 9.17) is 0 Å². The molecule has 126 valence electrons. The Kier molecular flexibility index (Phi) is 5.56. The summed E-state index contributed by atoms with van der Waals surface area (Å²) in [5, 5.41) is 0.132. The van der Waals surface area contributed by atoms with Crippen molar-refractivity contribution in [2.45, 2.75) is 17.8 Å². The topological polar surface area (TPSA) is 46.6 Å². The van der Waals surface area contributed by atoms with Crippen molar-refractivity contribution >= 4 is 23.6 Å². The van der Waals surface area contributed by atoms with Gasteiger partial charge in [-0.15, -0.1) is 11.8 Å². The number of hydrogen-bond acceptors (Lipinski definition) is 4. The second-order valence-electron chi connectivity index (χ2n) is 5.12. The number of ether oxygens (including phenoxy) is 1. The molecule has 0 N–H and O–H groups in total. The van der Waals surface area contributed by atoms with E-state index in [1.807, 2.05) is 0 Å². The average molecular weight is 347 g/mol. The smallest absolute Gasteiger partial charge is 0.416 e. The summed E-state index contributed by atoms with van der Waals surface area (Å²) in [4.78, 5) is 25.0. The maximum absolute atomic E-state index is 12.5. The van der Waals surface area contributed by atoms with Gasteiger partial charge in [0.15, 0.2) is 0 Å². The first-order valence-electron chi connectivity index (χ1n) is 6.96. The van der Waals surface area contributed by atoms with Crippen LogP contribution in [0.15, 0.2) is 24.3 Å². The molecule has 2 rings (SSSR count). The van der Waals surface area contributed by atoms with E-state index in [1.165, 1.54) is 31.0 Å². The molecule has 1 saturated heterocycles. The van der Waals surface area contributed by atoms with Gasteiger partial charge in [0.05, 0.1) is 18.4 Å². The molecule has 1 aliphatic rings. The van der Waals surface area contributed by atoms with Gasteiger partial charge >= 0.3 is 12.1 Å². The van der Waals surface area contributed by atoms with E-state index in [9.17, 15) is 22.8 Å². The van der Waals surface area contributed by atoms with Crippen LogP contribution < -0.4 is 0 Å². The van der Waals surface area contributed by atoms with Crippen LogP contribution in [0, 0.1) is 0 Å². The Balaban J connectivity index is 1.93. The van der Waals surface area contributed by atoms with Crippen molar-refractivity contribution in [1.82, 2.24) is 4.90 Å². The molecule has 1 heterocycles. The van der Waals surface area contributed by atoms with E-state index < -0.39 is 11.7 Å². The summed E-state index contributed by atoms with van der Waals surface area (Å²) < 4.78 is 42.1. The summed E-state index contributed by atoms with van der Waals surface area (Å²) in [5.74, 6) is -0.383. The highest BCUT2D eigenvalue weighted by Crippen LogP contribution is 2.30. The number of hydrogen-bond donors (Lipinski definition) is 0. The van der Waals surface area contributed by atoms with Crippen molar-refractivity contribution in [2.75, 3.05) is 26.0 Å². The third-order valence-electron chi connectivity index (χ3n) is 3.56. The monoisotopic (exact) mass is 347 g/mol. The van der Waals surface area contributed by atoms with Crippen LogP contribution in [-0.4, -0.2) is 48.0 Å². The lowest BCUT2D eigenvalue weighted by molar-refractivity contribution is -0.138. The van der Waals surface area contributed by atoms with Gasteiger partial charge < -0.3 is 9.64 Å². The van der Waals surface area contributed by atoms with Gasteiger partial charge in [-0.3, -0.25) is 9.59 Å². The van der Waals surface area contributed by atoms with Gasteiger partial charge in [-0.1, -0.05) is 0 Å². The Morgan fingerprint density at radius 3 is 2.52 bits per heavy atom. The summed E-state index contributed by atoms with van der Waals surface area (Å²) in [6.45, 7) is 1.00. The Hall–Kier alpha value is -1.70. The molecular weight excluding hydrogens is 331 g/mol. The fourth-order valence-electron chi connectivity index (χ4n) is 2.28. The minimum Gasteiger partial charge on any atom is -0.468 e. The minimum absolute atomic E-state index is 0.132. The van der Waals surface area contributed by atoms with Crippen molar-refractivity contribution in [3.05, 3.63) is 35.4 Å². The number of carbonyl (C=O) groups excluding carboxylic acids is 2. The molecule has 0 spiro atoms. The van der Waals surface area contributed by atoms with Crippen molar-refractivity contribution in [3.63, 3.8) is 0 Å². The summed E-state index contributed by atoms with van der Waals surface area (Å²) in [6, 6.07) is 4.21. The first-order valence-corrected chi connectivity index (χ1v) is 8.01. The molecule has 1 aromatic carbocycles. The van der Waals surface area contributed by atoms with E-state index in [0.29, 0.717) is 13.1 Å². The fourth-order valence-corrected chi connectivity index (χ4v) is 3.32. The third-order valence-corrected chi connectivity index (χ3v) is 4.81. The number of likely N-dealkylation sites (tertiary alicyclic amines) is 1. The van der Waals surface area contributed by atoms with Gasteiger partial charge in [0, 0.05) is 23.9 Å². The fraction of sp³-hybridized carbons (Fsp3) is 0.467. The number of carbonyl (C=O) groups is 2. The standard InChI is InChI=1S/C15H16F3NO3S/c1-22-13(20)9-23-12-6-7-19(8-12)14(21)10-2-4-11(5-3-10)15(16,17)18/h2-5,12H,6-9H2,1H3. The SMILES string of the molecule is COC(=O)CSC1CCN(C(=O)c2ccc(C(F)(F)F)cc2)C1. The zero-order valence-electron chi connectivity index (χ0n) is 12.4. The molecule has 0 bridgehead atoms. The first-order chi connectivity index (χ1) is 10.8.